The number of aryl methyl sites for hydroxylation is 2. The van der Waals surface area contributed by atoms with Crippen LogP contribution in [-0.2, 0) is 19.6 Å². The van der Waals surface area contributed by atoms with E-state index in [0.717, 1.165) is 22.3 Å². The van der Waals surface area contributed by atoms with Gasteiger partial charge in [0.2, 0.25) is 0 Å². The molecule has 5 unspecified atom stereocenters. The number of ketones is 1. The molecule has 6 rings (SSSR count). The van der Waals surface area contributed by atoms with Crippen LogP contribution >= 0.6 is 0 Å². The van der Waals surface area contributed by atoms with Crippen LogP contribution in [0.25, 0.3) is 0 Å². The number of hydrogen-bond donors (Lipinski definition) is 0. The molecule has 1 saturated carbocycles. The Morgan fingerprint density at radius 2 is 1.28 bits per heavy atom. The van der Waals surface area contributed by atoms with E-state index in [4.69, 9.17) is 4.74 Å². The molecule has 0 radical (unpaired) electrons. The highest BCUT2D eigenvalue weighted by Gasteiger charge is 2.65. The first-order chi connectivity index (χ1) is 18.7. The molecule has 39 heavy (non-hydrogen) atoms. The van der Waals surface area contributed by atoms with Crippen molar-refractivity contribution in [3.63, 3.8) is 0 Å². The van der Waals surface area contributed by atoms with Crippen LogP contribution in [-0.4, -0.2) is 25.6 Å². The minimum atomic E-state index is -3.95. The van der Waals surface area contributed by atoms with E-state index in [2.05, 4.69) is 45.0 Å². The van der Waals surface area contributed by atoms with Gasteiger partial charge in [-0.15, -0.1) is 0 Å². The normalized spacial score (nSPS) is 30.0. The molecule has 3 aliphatic rings. The number of sulfonamides is 1. The van der Waals surface area contributed by atoms with E-state index in [-0.39, 0.29) is 40.3 Å². The lowest BCUT2D eigenvalue weighted by Crippen LogP contribution is -2.37. The van der Waals surface area contributed by atoms with Crippen LogP contribution in [0, 0.1) is 43.4 Å². The van der Waals surface area contributed by atoms with E-state index in [1.165, 1.54) is 0 Å². The van der Waals surface area contributed by atoms with Crippen LogP contribution in [0.15, 0.2) is 95.2 Å². The number of allylic oxidation sites excluding steroid dienone is 2. The average Bonchev–Trinajstić information content (AvgIpc) is 3.32. The molecule has 1 aliphatic heterocycles. The van der Waals surface area contributed by atoms with Gasteiger partial charge in [-0.05, 0) is 48.9 Å². The van der Waals surface area contributed by atoms with Crippen LogP contribution in [0.4, 0.5) is 0 Å². The van der Waals surface area contributed by atoms with Gasteiger partial charge < -0.3 is 4.74 Å². The van der Waals surface area contributed by atoms with Crippen molar-refractivity contribution < 1.29 is 17.9 Å². The van der Waals surface area contributed by atoms with Gasteiger partial charge in [0.1, 0.15) is 11.5 Å². The van der Waals surface area contributed by atoms with Gasteiger partial charge in [-0.2, -0.15) is 0 Å². The maximum Gasteiger partial charge on any atom is 0.264 e. The van der Waals surface area contributed by atoms with Crippen LogP contribution in [0.5, 0.6) is 0 Å². The average molecular weight is 542 g/mol. The van der Waals surface area contributed by atoms with Gasteiger partial charge in [0.25, 0.3) is 10.0 Å². The topological polar surface area (TPSA) is 63.7 Å². The maximum absolute atomic E-state index is 14.5. The summed E-state index contributed by atoms with van der Waals surface area (Å²) < 4.78 is 36.7. The number of methoxy groups -OCH3 is 1. The van der Waals surface area contributed by atoms with Crippen molar-refractivity contribution in [3.8, 4) is 0 Å². The number of benzene rings is 3. The standard InChI is InChI=1S/C33H35NO4S/c1-19-11-15-23(16-12-19)26-21(3)28-27-22(4)30(24-17-13-20(2)14-18-24)34(31(27)33(38-5)29(26)32(28)35)39(36,37)25-9-7-6-8-10-25/h6-18,21-22,26-30H,1-5H3/t21?,22-,26?,27?,28?,29?,30-/m1/s1. The van der Waals surface area contributed by atoms with Gasteiger partial charge in [-0.25, -0.2) is 8.42 Å². The molecule has 5 nitrogen and oxygen atoms in total. The molecule has 0 amide bonds. The maximum atomic E-state index is 14.5. The van der Waals surface area contributed by atoms with Gasteiger partial charge >= 0.3 is 0 Å². The van der Waals surface area contributed by atoms with Gasteiger partial charge in [0, 0.05) is 17.8 Å². The smallest absolute Gasteiger partial charge is 0.264 e. The summed E-state index contributed by atoms with van der Waals surface area (Å²) in [6.07, 6.45) is 0. The van der Waals surface area contributed by atoms with Crippen molar-refractivity contribution in [1.29, 1.82) is 0 Å². The summed E-state index contributed by atoms with van der Waals surface area (Å²) in [5.41, 5.74) is 4.96. The zero-order valence-electron chi connectivity index (χ0n) is 23.0. The van der Waals surface area contributed by atoms with Gasteiger partial charge in [-0.3, -0.25) is 9.10 Å². The fourth-order valence-electron chi connectivity index (χ4n) is 7.56. The van der Waals surface area contributed by atoms with E-state index in [1.807, 2.05) is 37.3 Å². The SMILES string of the molecule is COC1=C2C(C3C(=O)C1C(c1ccc(C)cc1)C3C)[C@@H](C)[C@H](c1ccc(C)cc1)N2S(=O)(=O)c1ccccc1. The number of Topliss-reactive ketones (excluding diaryl/α,β-unsaturated/α-hetero) is 1. The molecule has 0 aromatic heterocycles. The summed E-state index contributed by atoms with van der Waals surface area (Å²) in [5, 5.41) is 0. The molecule has 2 fully saturated rings. The summed E-state index contributed by atoms with van der Waals surface area (Å²) in [6, 6.07) is 24.6. The third-order valence-electron chi connectivity index (χ3n) is 9.32. The number of hydrogen-bond acceptors (Lipinski definition) is 4. The van der Waals surface area contributed by atoms with Crippen molar-refractivity contribution in [3.05, 3.63) is 113 Å². The molecule has 3 aromatic rings. The Bertz CT molecular complexity index is 1540. The highest BCUT2D eigenvalue weighted by Crippen LogP contribution is 2.64. The first-order valence-electron chi connectivity index (χ1n) is 13.7. The first-order valence-corrected chi connectivity index (χ1v) is 15.1. The van der Waals surface area contributed by atoms with Crippen molar-refractivity contribution in [1.82, 2.24) is 4.31 Å². The predicted octanol–water partition coefficient (Wildman–Crippen LogP) is 6.41. The first kappa shape index (κ1) is 25.9. The molecular formula is C33H35NO4S. The zero-order chi connectivity index (χ0) is 27.6. The predicted molar refractivity (Wildman–Crippen MR) is 151 cm³/mol. The van der Waals surface area contributed by atoms with Crippen molar-refractivity contribution in [2.45, 2.75) is 44.6 Å². The fourth-order valence-corrected chi connectivity index (χ4v) is 9.37. The second-order valence-electron chi connectivity index (χ2n) is 11.5. The number of carbonyl (C=O) groups is 1. The summed E-state index contributed by atoms with van der Waals surface area (Å²) in [7, 11) is -2.37. The van der Waals surface area contributed by atoms with Crippen LogP contribution in [0.3, 0.4) is 0 Å². The Hall–Kier alpha value is -3.38. The number of rotatable bonds is 5. The minimum absolute atomic E-state index is 0.0401. The van der Waals surface area contributed by atoms with E-state index in [1.54, 1.807) is 35.7 Å². The molecule has 2 bridgehead atoms. The molecule has 1 heterocycles. The summed E-state index contributed by atoms with van der Waals surface area (Å²) in [4.78, 5) is 14.4. The number of fused-ring (bicyclic) bond motifs is 4. The molecule has 7 atom stereocenters. The monoisotopic (exact) mass is 541 g/mol. The highest BCUT2D eigenvalue weighted by atomic mass is 32.2. The van der Waals surface area contributed by atoms with Gasteiger partial charge in [0.15, 0.2) is 0 Å². The van der Waals surface area contributed by atoms with E-state index in [0.29, 0.717) is 11.5 Å². The van der Waals surface area contributed by atoms with Crippen LogP contribution < -0.4 is 0 Å². The minimum Gasteiger partial charge on any atom is -0.498 e. The number of ether oxygens (including phenoxy) is 1. The van der Waals surface area contributed by atoms with Crippen molar-refractivity contribution in [2.24, 2.45) is 29.6 Å². The fraction of sp³-hybridized carbons (Fsp3) is 0.364. The Morgan fingerprint density at radius 1 is 0.718 bits per heavy atom. The summed E-state index contributed by atoms with van der Waals surface area (Å²) in [6.45, 7) is 8.33. The van der Waals surface area contributed by atoms with E-state index < -0.39 is 22.0 Å². The Morgan fingerprint density at radius 3 is 1.85 bits per heavy atom. The van der Waals surface area contributed by atoms with Crippen LogP contribution in [0.1, 0.15) is 48.1 Å². The lowest BCUT2D eigenvalue weighted by molar-refractivity contribution is -0.126. The third-order valence-corrected chi connectivity index (χ3v) is 11.1. The third kappa shape index (κ3) is 3.79. The van der Waals surface area contributed by atoms with Crippen molar-refractivity contribution >= 4 is 15.8 Å². The second kappa shape index (κ2) is 9.37. The molecule has 3 aromatic carbocycles. The van der Waals surface area contributed by atoms with Crippen molar-refractivity contribution in [2.75, 3.05) is 7.11 Å². The van der Waals surface area contributed by atoms with Crippen LogP contribution in [0.2, 0.25) is 0 Å². The molecule has 6 heteroatoms. The van der Waals surface area contributed by atoms with Gasteiger partial charge in [-0.1, -0.05) is 91.7 Å². The highest BCUT2D eigenvalue weighted by molar-refractivity contribution is 7.89. The lowest BCUT2D eigenvalue weighted by Gasteiger charge is -2.33. The zero-order valence-corrected chi connectivity index (χ0v) is 23.9. The van der Waals surface area contributed by atoms with Gasteiger partial charge in [0.05, 0.1) is 29.7 Å². The van der Waals surface area contributed by atoms with E-state index >= 15 is 0 Å². The summed E-state index contributed by atoms with van der Waals surface area (Å²) in [5.74, 6) is -0.528. The summed E-state index contributed by atoms with van der Waals surface area (Å²) >= 11 is 0. The number of nitrogens with zero attached hydrogens (tertiary/aromatic N) is 1. The Kier molecular flexibility index (Phi) is 6.22. The second-order valence-corrected chi connectivity index (χ2v) is 13.3. The Labute approximate surface area is 231 Å². The molecule has 0 spiro atoms. The van der Waals surface area contributed by atoms with E-state index in [9.17, 15) is 13.2 Å². The quantitative estimate of drug-likeness (QED) is 0.375. The molecule has 0 N–H and O–H groups in total. The Balaban J connectivity index is 1.60. The lowest BCUT2D eigenvalue weighted by atomic mass is 9.72. The molecular weight excluding hydrogens is 506 g/mol. The largest absolute Gasteiger partial charge is 0.498 e. The molecule has 2 aliphatic carbocycles. The molecule has 202 valence electrons. The number of carbonyl (C=O) groups excluding carboxylic acids is 1. The molecule has 1 saturated heterocycles.